The lowest BCUT2D eigenvalue weighted by Gasteiger charge is -2.18. The van der Waals surface area contributed by atoms with Crippen LogP contribution < -0.4 is 13.8 Å². The summed E-state index contributed by atoms with van der Waals surface area (Å²) in [7, 11) is -1.82. The molecule has 0 saturated carbocycles. The van der Waals surface area contributed by atoms with Gasteiger partial charge in [-0.15, -0.1) is 0 Å². The van der Waals surface area contributed by atoms with Crippen molar-refractivity contribution in [3.05, 3.63) is 81.9 Å². The van der Waals surface area contributed by atoms with Gasteiger partial charge in [0.15, 0.2) is 12.4 Å². The summed E-state index contributed by atoms with van der Waals surface area (Å²) in [6.45, 7) is 1.67. The van der Waals surface area contributed by atoms with Crippen molar-refractivity contribution < 1.29 is 27.6 Å². The normalized spacial score (nSPS) is 12.8. The summed E-state index contributed by atoms with van der Waals surface area (Å²) in [6.07, 6.45) is 0.528. The summed E-state index contributed by atoms with van der Waals surface area (Å²) >= 11 is 0. The van der Waals surface area contributed by atoms with Gasteiger partial charge in [-0.1, -0.05) is 12.1 Å². The number of nitro groups is 1. The second kappa shape index (κ2) is 9.75. The van der Waals surface area contributed by atoms with Gasteiger partial charge >= 0.3 is 0 Å². The van der Waals surface area contributed by atoms with E-state index in [0.717, 1.165) is 5.56 Å². The van der Waals surface area contributed by atoms with Crippen molar-refractivity contribution in [1.29, 1.82) is 0 Å². The summed E-state index contributed by atoms with van der Waals surface area (Å²) < 4.78 is 36.9. The first kappa shape index (κ1) is 24.2. The molecule has 3 aromatic carbocycles. The molecule has 9 nitrogen and oxygen atoms in total. The third-order valence-corrected chi connectivity index (χ3v) is 7.67. The van der Waals surface area contributed by atoms with Gasteiger partial charge in [0.25, 0.3) is 5.69 Å². The number of fused-ring (bicyclic) bond motifs is 1. The van der Waals surface area contributed by atoms with E-state index in [2.05, 4.69) is 0 Å². The molecule has 0 aliphatic carbocycles. The minimum absolute atomic E-state index is 0.00667. The van der Waals surface area contributed by atoms with Crippen LogP contribution in [0.2, 0.25) is 0 Å². The number of anilines is 1. The highest BCUT2D eigenvalue weighted by molar-refractivity contribution is 7.92. The van der Waals surface area contributed by atoms with Crippen LogP contribution in [0.15, 0.2) is 60.7 Å². The van der Waals surface area contributed by atoms with Crippen LogP contribution in [0.5, 0.6) is 11.5 Å². The second-order valence-corrected chi connectivity index (χ2v) is 10.1. The minimum Gasteiger partial charge on any atom is -0.497 e. The maximum atomic E-state index is 12.9. The molecule has 0 bridgehead atoms. The minimum atomic E-state index is -3.37. The number of methoxy groups -OCH3 is 1. The monoisotopic (exact) mass is 496 g/mol. The Balaban J connectivity index is 1.56. The van der Waals surface area contributed by atoms with Crippen LogP contribution in [-0.2, 0) is 16.4 Å². The molecule has 3 aromatic rings. The lowest BCUT2D eigenvalue weighted by Crippen LogP contribution is -2.30. The van der Waals surface area contributed by atoms with Gasteiger partial charge in [0.1, 0.15) is 11.5 Å². The zero-order valence-electron chi connectivity index (χ0n) is 19.3. The van der Waals surface area contributed by atoms with Crippen LogP contribution in [0, 0.1) is 10.1 Å². The summed E-state index contributed by atoms with van der Waals surface area (Å²) in [5.74, 6) is 0.685. The average molecular weight is 497 g/mol. The van der Waals surface area contributed by atoms with Gasteiger partial charge in [0.05, 0.1) is 23.5 Å². The lowest BCUT2D eigenvalue weighted by atomic mass is 10.0. The third kappa shape index (κ3) is 4.97. The predicted octanol–water partition coefficient (Wildman–Crippen LogP) is 4.24. The van der Waals surface area contributed by atoms with E-state index >= 15 is 0 Å². The second-order valence-electron chi connectivity index (χ2n) is 7.94. The molecule has 0 amide bonds. The van der Waals surface area contributed by atoms with Gasteiger partial charge in [-0.25, -0.2) is 8.42 Å². The van der Waals surface area contributed by atoms with E-state index in [-0.39, 0.29) is 23.8 Å². The number of nitro benzene ring substituents is 1. The molecule has 0 radical (unpaired) electrons. The summed E-state index contributed by atoms with van der Waals surface area (Å²) in [6, 6.07) is 16.1. The zero-order chi connectivity index (χ0) is 25.2. The molecule has 35 heavy (non-hydrogen) atoms. The van der Waals surface area contributed by atoms with Gasteiger partial charge < -0.3 is 9.47 Å². The third-order valence-electron chi connectivity index (χ3n) is 5.89. The number of carbonyl (C=O) groups is 1. The maximum absolute atomic E-state index is 12.9. The Kier molecular flexibility index (Phi) is 6.74. The van der Waals surface area contributed by atoms with E-state index in [1.807, 2.05) is 0 Å². The topological polar surface area (TPSA) is 116 Å². The molecule has 10 heteroatoms. The van der Waals surface area contributed by atoms with Crippen LogP contribution in [0.4, 0.5) is 11.4 Å². The molecule has 182 valence electrons. The van der Waals surface area contributed by atoms with Crippen molar-refractivity contribution in [2.45, 2.75) is 13.3 Å². The molecule has 0 atom stereocenters. The van der Waals surface area contributed by atoms with E-state index in [4.69, 9.17) is 9.47 Å². The Labute approximate surface area is 203 Å². The average Bonchev–Trinajstić information content (AvgIpc) is 3.31. The first-order chi connectivity index (χ1) is 16.7. The highest BCUT2D eigenvalue weighted by atomic mass is 32.2. The number of hydrogen-bond acceptors (Lipinski definition) is 7. The summed E-state index contributed by atoms with van der Waals surface area (Å²) in [4.78, 5) is 23.7. The van der Waals surface area contributed by atoms with E-state index in [1.165, 1.54) is 22.5 Å². The fraction of sp³-hybridized carbons (Fsp3) is 0.240. The Bertz CT molecular complexity index is 1390. The van der Waals surface area contributed by atoms with Crippen LogP contribution in [0.1, 0.15) is 22.8 Å². The Morgan fingerprint density at radius 1 is 1.09 bits per heavy atom. The smallest absolute Gasteiger partial charge is 0.270 e. The van der Waals surface area contributed by atoms with E-state index in [1.54, 1.807) is 56.5 Å². The van der Waals surface area contributed by atoms with Crippen LogP contribution in [0.3, 0.4) is 0 Å². The van der Waals surface area contributed by atoms with E-state index in [0.29, 0.717) is 46.8 Å². The maximum Gasteiger partial charge on any atom is 0.270 e. The van der Waals surface area contributed by atoms with Crippen molar-refractivity contribution in [3.8, 4) is 22.6 Å². The van der Waals surface area contributed by atoms with Crippen molar-refractivity contribution in [2.24, 2.45) is 0 Å². The lowest BCUT2D eigenvalue weighted by molar-refractivity contribution is -0.384. The molecule has 0 saturated heterocycles. The molecule has 0 fully saturated rings. The number of benzene rings is 3. The highest BCUT2D eigenvalue weighted by Gasteiger charge is 2.28. The molecule has 0 aromatic heterocycles. The Hall–Kier alpha value is -3.92. The van der Waals surface area contributed by atoms with Crippen LogP contribution >= 0.6 is 0 Å². The van der Waals surface area contributed by atoms with Gasteiger partial charge in [-0.3, -0.25) is 19.2 Å². The van der Waals surface area contributed by atoms with E-state index in [9.17, 15) is 23.3 Å². The number of sulfonamides is 1. The largest absolute Gasteiger partial charge is 0.497 e. The van der Waals surface area contributed by atoms with Gasteiger partial charge in [0.2, 0.25) is 10.0 Å². The predicted molar refractivity (Wildman–Crippen MR) is 132 cm³/mol. The van der Waals surface area contributed by atoms with Gasteiger partial charge in [-0.2, -0.15) is 0 Å². The summed E-state index contributed by atoms with van der Waals surface area (Å²) in [5.41, 5.74) is 2.85. The zero-order valence-corrected chi connectivity index (χ0v) is 20.1. The molecule has 0 spiro atoms. The number of hydrogen-bond donors (Lipinski definition) is 0. The molecular weight excluding hydrogens is 472 g/mol. The fourth-order valence-corrected chi connectivity index (χ4v) is 5.13. The summed E-state index contributed by atoms with van der Waals surface area (Å²) in [5, 5.41) is 11.3. The number of non-ortho nitro benzene ring substituents is 1. The van der Waals surface area contributed by atoms with Crippen molar-refractivity contribution in [1.82, 2.24) is 0 Å². The molecule has 4 rings (SSSR count). The quantitative estimate of drug-likeness (QED) is 0.247. The van der Waals surface area contributed by atoms with Crippen LogP contribution in [0.25, 0.3) is 11.1 Å². The Morgan fingerprint density at radius 2 is 1.83 bits per heavy atom. The molecule has 1 heterocycles. The molecular formula is C25H24N2O7S. The van der Waals surface area contributed by atoms with E-state index < -0.39 is 14.9 Å². The Morgan fingerprint density at radius 3 is 2.49 bits per heavy atom. The van der Waals surface area contributed by atoms with Crippen molar-refractivity contribution in [3.63, 3.8) is 0 Å². The number of rotatable bonds is 9. The number of ketones is 1. The standard InChI is InChI=1S/C25H24N2O7S/c1-3-35(31,32)26-13-12-18-14-19(6-10-23(18)26)24(28)16-34-25-11-7-20(27(29)30)15-22(25)17-4-8-21(33-2)9-5-17/h4-11,14-15H,3,12-13,16H2,1-2H3. The van der Waals surface area contributed by atoms with Gasteiger partial charge in [-0.05, 0) is 60.9 Å². The number of ether oxygens (including phenoxy) is 2. The fourth-order valence-electron chi connectivity index (χ4n) is 3.97. The first-order valence-corrected chi connectivity index (χ1v) is 12.6. The molecule has 1 aliphatic rings. The SMILES string of the molecule is CCS(=O)(=O)N1CCc2cc(C(=O)COc3ccc([N+](=O)[O-])cc3-c3ccc(OC)cc3)ccc21. The number of Topliss-reactive ketones (excluding diaryl/α,β-unsaturated/α-hetero) is 1. The molecule has 1 aliphatic heterocycles. The number of nitrogens with zero attached hydrogens (tertiary/aromatic N) is 2. The van der Waals surface area contributed by atoms with Crippen molar-refractivity contribution in [2.75, 3.05) is 30.3 Å². The van der Waals surface area contributed by atoms with Crippen LogP contribution in [-0.4, -0.2) is 45.1 Å². The highest BCUT2D eigenvalue weighted by Crippen LogP contribution is 2.35. The molecule has 0 N–H and O–H groups in total. The first-order valence-electron chi connectivity index (χ1n) is 11.0. The molecule has 0 unspecified atom stereocenters. The number of carbonyl (C=O) groups excluding carboxylic acids is 1. The van der Waals surface area contributed by atoms with Crippen molar-refractivity contribution >= 4 is 27.2 Å². The van der Waals surface area contributed by atoms with Gasteiger partial charge in [0, 0.05) is 29.8 Å².